The van der Waals surface area contributed by atoms with Gasteiger partial charge in [0.05, 0.1) is 0 Å². The van der Waals surface area contributed by atoms with E-state index < -0.39 is 29.0 Å². The van der Waals surface area contributed by atoms with Crippen molar-refractivity contribution in [3.8, 4) is 0 Å². The maximum absolute atomic E-state index is 13.8. The number of thioether (sulfide) groups is 1. The molecule has 2 aromatic rings. The molecule has 0 saturated carbocycles. The fourth-order valence-corrected chi connectivity index (χ4v) is 4.61. The molecule has 1 saturated heterocycles. The number of halogens is 2. The minimum absolute atomic E-state index is 0.145. The van der Waals surface area contributed by atoms with Crippen LogP contribution in [0.15, 0.2) is 48.5 Å². The summed E-state index contributed by atoms with van der Waals surface area (Å²) >= 11 is 1.38. The third-order valence-corrected chi connectivity index (χ3v) is 5.89. The van der Waals surface area contributed by atoms with Crippen LogP contribution in [-0.2, 0) is 9.53 Å². The molecule has 3 rings (SSSR count). The molecule has 29 heavy (non-hydrogen) atoms. The summed E-state index contributed by atoms with van der Waals surface area (Å²) in [5.74, 6) is -1.37. The van der Waals surface area contributed by atoms with E-state index in [1.165, 1.54) is 47.0 Å². The van der Waals surface area contributed by atoms with Crippen molar-refractivity contribution in [2.24, 2.45) is 0 Å². The molecule has 1 aliphatic heterocycles. The summed E-state index contributed by atoms with van der Waals surface area (Å²) < 4.78 is 32.4. The SMILES string of the molecule is COCCCNC(=O)C1CSC(c2cccc(F)c2)N1C(=O)c1cccc(F)c1. The van der Waals surface area contributed by atoms with E-state index in [1.807, 2.05) is 0 Å². The molecule has 2 amide bonds. The van der Waals surface area contributed by atoms with Crippen LogP contribution in [0, 0.1) is 11.6 Å². The molecule has 8 heteroatoms. The van der Waals surface area contributed by atoms with Gasteiger partial charge in [-0.15, -0.1) is 11.8 Å². The Kier molecular flexibility index (Phi) is 7.22. The molecule has 0 bridgehead atoms. The first-order valence-corrected chi connectivity index (χ1v) is 10.3. The molecule has 1 aliphatic rings. The zero-order valence-corrected chi connectivity index (χ0v) is 16.8. The largest absolute Gasteiger partial charge is 0.385 e. The standard InChI is InChI=1S/C21H22F2N2O3S/c1-28-10-4-9-24-19(26)18-13-29-21(15-6-3-8-17(23)12-15)25(18)20(27)14-5-2-7-16(22)11-14/h2-3,5-8,11-12,18,21H,4,9-10,13H2,1H3,(H,24,26). The second-order valence-corrected chi connectivity index (χ2v) is 7.73. The van der Waals surface area contributed by atoms with Gasteiger partial charge in [-0.05, 0) is 42.3 Å². The van der Waals surface area contributed by atoms with Gasteiger partial charge in [-0.3, -0.25) is 9.59 Å². The van der Waals surface area contributed by atoms with Gasteiger partial charge in [-0.25, -0.2) is 8.78 Å². The third-order valence-electron chi connectivity index (χ3n) is 4.57. The summed E-state index contributed by atoms with van der Waals surface area (Å²) in [5.41, 5.74) is 0.723. The highest BCUT2D eigenvalue weighted by Crippen LogP contribution is 2.42. The number of amides is 2. The Morgan fingerprint density at radius 1 is 1.17 bits per heavy atom. The Labute approximate surface area is 172 Å². The van der Waals surface area contributed by atoms with Gasteiger partial charge in [0, 0.05) is 31.6 Å². The topological polar surface area (TPSA) is 58.6 Å². The fraction of sp³-hybridized carbons (Fsp3) is 0.333. The summed E-state index contributed by atoms with van der Waals surface area (Å²) in [6, 6.07) is 10.5. The Balaban J connectivity index is 1.87. The summed E-state index contributed by atoms with van der Waals surface area (Å²) in [6.45, 7) is 0.929. The molecule has 2 unspecified atom stereocenters. The van der Waals surface area contributed by atoms with Crippen LogP contribution in [-0.4, -0.2) is 48.8 Å². The Hall–Kier alpha value is -2.45. The van der Waals surface area contributed by atoms with E-state index in [1.54, 1.807) is 19.2 Å². The van der Waals surface area contributed by atoms with Gasteiger partial charge in [0.2, 0.25) is 5.91 Å². The monoisotopic (exact) mass is 420 g/mol. The minimum atomic E-state index is -0.744. The molecule has 5 nitrogen and oxygen atoms in total. The first-order chi connectivity index (χ1) is 14.0. The highest BCUT2D eigenvalue weighted by molar-refractivity contribution is 7.99. The Morgan fingerprint density at radius 2 is 1.90 bits per heavy atom. The van der Waals surface area contributed by atoms with Crippen molar-refractivity contribution in [1.29, 1.82) is 0 Å². The molecule has 1 fully saturated rings. The number of nitrogens with zero attached hydrogens (tertiary/aromatic N) is 1. The van der Waals surface area contributed by atoms with Crippen molar-refractivity contribution in [1.82, 2.24) is 10.2 Å². The van der Waals surface area contributed by atoms with Crippen molar-refractivity contribution >= 4 is 23.6 Å². The number of hydrogen-bond acceptors (Lipinski definition) is 4. The van der Waals surface area contributed by atoms with Gasteiger partial charge >= 0.3 is 0 Å². The van der Waals surface area contributed by atoms with Gasteiger partial charge in [-0.1, -0.05) is 18.2 Å². The van der Waals surface area contributed by atoms with Gasteiger partial charge in [-0.2, -0.15) is 0 Å². The van der Waals surface area contributed by atoms with Gasteiger partial charge < -0.3 is 15.0 Å². The predicted molar refractivity (Wildman–Crippen MR) is 107 cm³/mol. The summed E-state index contributed by atoms with van der Waals surface area (Å²) in [6.07, 6.45) is 0.646. The van der Waals surface area contributed by atoms with E-state index in [-0.39, 0.29) is 11.5 Å². The van der Waals surface area contributed by atoms with Crippen molar-refractivity contribution in [3.05, 3.63) is 71.3 Å². The molecule has 0 spiro atoms. The molecular weight excluding hydrogens is 398 g/mol. The van der Waals surface area contributed by atoms with Crippen molar-refractivity contribution in [2.45, 2.75) is 17.8 Å². The van der Waals surface area contributed by atoms with Crippen LogP contribution in [0.1, 0.15) is 27.7 Å². The van der Waals surface area contributed by atoms with Crippen LogP contribution in [0.2, 0.25) is 0 Å². The smallest absolute Gasteiger partial charge is 0.255 e. The Morgan fingerprint density at radius 3 is 2.59 bits per heavy atom. The predicted octanol–water partition coefficient (Wildman–Crippen LogP) is 3.37. The van der Waals surface area contributed by atoms with Crippen molar-refractivity contribution in [3.63, 3.8) is 0 Å². The van der Waals surface area contributed by atoms with Gasteiger partial charge in [0.25, 0.3) is 5.91 Å². The molecular formula is C21H22F2N2O3S. The quantitative estimate of drug-likeness (QED) is 0.698. The maximum Gasteiger partial charge on any atom is 0.255 e. The van der Waals surface area contributed by atoms with Gasteiger partial charge in [0.15, 0.2) is 0 Å². The highest BCUT2D eigenvalue weighted by Gasteiger charge is 2.42. The van der Waals surface area contributed by atoms with Crippen LogP contribution in [0.25, 0.3) is 0 Å². The average Bonchev–Trinajstić information content (AvgIpc) is 3.16. The number of rotatable bonds is 7. The number of hydrogen-bond donors (Lipinski definition) is 1. The molecule has 1 heterocycles. The van der Waals surface area contributed by atoms with E-state index in [4.69, 9.17) is 4.74 Å². The first kappa shape index (κ1) is 21.3. The molecule has 0 radical (unpaired) electrons. The van der Waals surface area contributed by atoms with Crippen LogP contribution < -0.4 is 5.32 Å². The van der Waals surface area contributed by atoms with E-state index in [2.05, 4.69) is 5.32 Å². The van der Waals surface area contributed by atoms with Crippen molar-refractivity contribution in [2.75, 3.05) is 26.0 Å². The number of carbonyl (C=O) groups excluding carboxylic acids is 2. The number of carbonyl (C=O) groups is 2. The molecule has 0 aromatic heterocycles. The summed E-state index contributed by atoms with van der Waals surface area (Å²) in [5, 5.41) is 2.27. The lowest BCUT2D eigenvalue weighted by Gasteiger charge is -2.29. The van der Waals surface area contributed by atoms with Crippen LogP contribution in [0.3, 0.4) is 0 Å². The first-order valence-electron chi connectivity index (χ1n) is 9.23. The average molecular weight is 420 g/mol. The molecule has 2 aromatic carbocycles. The lowest BCUT2D eigenvalue weighted by molar-refractivity contribution is -0.124. The third kappa shape index (κ3) is 5.13. The van der Waals surface area contributed by atoms with Crippen LogP contribution >= 0.6 is 11.8 Å². The maximum atomic E-state index is 13.8. The Bertz CT molecular complexity index is 881. The zero-order chi connectivity index (χ0) is 20.8. The van der Waals surface area contributed by atoms with E-state index in [0.29, 0.717) is 30.9 Å². The number of benzene rings is 2. The lowest BCUT2D eigenvalue weighted by atomic mass is 10.1. The van der Waals surface area contributed by atoms with Crippen LogP contribution in [0.5, 0.6) is 0 Å². The van der Waals surface area contributed by atoms with Gasteiger partial charge in [0.1, 0.15) is 23.1 Å². The molecule has 154 valence electrons. The normalized spacial score (nSPS) is 18.7. The fourth-order valence-electron chi connectivity index (χ4n) is 3.19. The van der Waals surface area contributed by atoms with Crippen molar-refractivity contribution < 1.29 is 23.1 Å². The second-order valence-electron chi connectivity index (χ2n) is 6.62. The molecule has 2 atom stereocenters. The number of methoxy groups -OCH3 is 1. The highest BCUT2D eigenvalue weighted by atomic mass is 32.2. The minimum Gasteiger partial charge on any atom is -0.385 e. The molecule has 1 N–H and O–H groups in total. The van der Waals surface area contributed by atoms with Crippen LogP contribution in [0.4, 0.5) is 8.78 Å². The molecule has 0 aliphatic carbocycles. The lowest BCUT2D eigenvalue weighted by Crippen LogP contribution is -2.48. The zero-order valence-electron chi connectivity index (χ0n) is 15.9. The van der Waals surface area contributed by atoms with E-state index >= 15 is 0 Å². The van der Waals surface area contributed by atoms with E-state index in [0.717, 1.165) is 6.07 Å². The summed E-state index contributed by atoms with van der Waals surface area (Å²) in [7, 11) is 1.58. The number of ether oxygens (including phenoxy) is 1. The van der Waals surface area contributed by atoms with E-state index in [9.17, 15) is 18.4 Å². The number of nitrogens with one attached hydrogen (secondary N) is 1. The second kappa shape index (κ2) is 9.84. The summed E-state index contributed by atoms with van der Waals surface area (Å²) in [4.78, 5) is 27.4.